The highest BCUT2D eigenvalue weighted by atomic mass is 35.5. The summed E-state index contributed by atoms with van der Waals surface area (Å²) < 4.78 is 10.1. The quantitative estimate of drug-likeness (QED) is 0.764. The first kappa shape index (κ1) is 11.8. The summed E-state index contributed by atoms with van der Waals surface area (Å²) in [4.78, 5) is -0.670. The van der Waals surface area contributed by atoms with Gasteiger partial charge in [0, 0.05) is 11.6 Å². The average molecular weight is 256 g/mol. The molecule has 0 saturated carbocycles. The van der Waals surface area contributed by atoms with E-state index >= 15 is 0 Å². The minimum absolute atomic E-state index is 0.460. The predicted molar refractivity (Wildman–Crippen MR) is 59.0 cm³/mol. The molecular weight excluding hydrogens is 246 g/mol. The number of hydrogen-bond acceptors (Lipinski definition) is 2. The second-order valence-electron chi connectivity index (χ2n) is 2.53. The van der Waals surface area contributed by atoms with E-state index in [1.165, 1.54) is 14.2 Å². The van der Waals surface area contributed by atoms with Crippen LogP contribution in [0.3, 0.4) is 0 Å². The van der Waals surface area contributed by atoms with Crippen LogP contribution in [0.15, 0.2) is 12.1 Å². The first-order valence-electron chi connectivity index (χ1n) is 3.79. The van der Waals surface area contributed by atoms with E-state index in [9.17, 15) is 0 Å². The molecule has 1 aromatic rings. The summed E-state index contributed by atoms with van der Waals surface area (Å²) >= 11 is 17.4. The van der Waals surface area contributed by atoms with Crippen LogP contribution in [0.5, 0.6) is 11.5 Å². The molecule has 5 heteroatoms. The fraction of sp³-hybridized carbons (Fsp3) is 0.333. The summed E-state index contributed by atoms with van der Waals surface area (Å²) in [7, 11) is 3.05. The monoisotopic (exact) mass is 254 g/mol. The van der Waals surface area contributed by atoms with Crippen LogP contribution in [0.25, 0.3) is 0 Å². The van der Waals surface area contributed by atoms with E-state index in [1.807, 2.05) is 0 Å². The van der Waals surface area contributed by atoms with Gasteiger partial charge in [0.2, 0.25) is 0 Å². The van der Waals surface area contributed by atoms with Gasteiger partial charge in [-0.25, -0.2) is 0 Å². The first-order chi connectivity index (χ1) is 6.60. The van der Waals surface area contributed by atoms with Gasteiger partial charge in [0.1, 0.15) is 16.3 Å². The van der Waals surface area contributed by atoms with Crippen molar-refractivity contribution in [2.75, 3.05) is 14.2 Å². The standard InChI is InChI=1S/C9H9Cl3O2/c1-13-7-4-6(10)8(14-2)3-5(7)9(11)12/h3-4,9H,1-2H3. The zero-order valence-corrected chi connectivity index (χ0v) is 9.95. The normalized spacial score (nSPS) is 10.4. The Kier molecular flexibility index (Phi) is 4.17. The van der Waals surface area contributed by atoms with Gasteiger partial charge in [-0.2, -0.15) is 0 Å². The fourth-order valence-corrected chi connectivity index (χ4v) is 1.63. The van der Waals surface area contributed by atoms with Gasteiger partial charge in [0.15, 0.2) is 0 Å². The molecule has 2 nitrogen and oxygen atoms in total. The number of alkyl halides is 2. The molecule has 0 saturated heterocycles. The Morgan fingerprint density at radius 3 is 2.07 bits per heavy atom. The molecule has 1 aromatic carbocycles. The van der Waals surface area contributed by atoms with E-state index in [0.717, 1.165) is 0 Å². The minimum atomic E-state index is -0.670. The van der Waals surface area contributed by atoms with Crippen molar-refractivity contribution in [3.05, 3.63) is 22.7 Å². The lowest BCUT2D eigenvalue weighted by Crippen LogP contribution is -1.94. The summed E-state index contributed by atoms with van der Waals surface area (Å²) in [6.07, 6.45) is 0. The highest BCUT2D eigenvalue weighted by Crippen LogP contribution is 2.39. The predicted octanol–water partition coefficient (Wildman–Crippen LogP) is 3.83. The van der Waals surface area contributed by atoms with Crippen molar-refractivity contribution in [2.45, 2.75) is 4.84 Å². The van der Waals surface area contributed by atoms with E-state index < -0.39 is 4.84 Å². The molecule has 0 bridgehead atoms. The molecule has 0 N–H and O–H groups in total. The highest BCUT2D eigenvalue weighted by Gasteiger charge is 2.14. The van der Waals surface area contributed by atoms with E-state index in [-0.39, 0.29) is 0 Å². The number of ether oxygens (including phenoxy) is 2. The van der Waals surface area contributed by atoms with Crippen LogP contribution in [0.1, 0.15) is 10.4 Å². The van der Waals surface area contributed by atoms with E-state index in [0.29, 0.717) is 22.1 Å². The molecule has 0 aliphatic rings. The molecule has 0 spiro atoms. The molecule has 0 heterocycles. The van der Waals surface area contributed by atoms with E-state index in [1.54, 1.807) is 12.1 Å². The van der Waals surface area contributed by atoms with Gasteiger partial charge in [0.05, 0.1) is 19.2 Å². The molecular formula is C9H9Cl3O2. The lowest BCUT2D eigenvalue weighted by Gasteiger charge is -2.12. The summed E-state index contributed by atoms with van der Waals surface area (Å²) in [5, 5.41) is 0.460. The lowest BCUT2D eigenvalue weighted by molar-refractivity contribution is 0.400. The maximum Gasteiger partial charge on any atom is 0.138 e. The highest BCUT2D eigenvalue weighted by molar-refractivity contribution is 6.44. The fourth-order valence-electron chi connectivity index (χ4n) is 1.05. The molecule has 0 atom stereocenters. The molecule has 0 aromatic heterocycles. The number of benzene rings is 1. The van der Waals surface area contributed by atoms with Crippen molar-refractivity contribution >= 4 is 34.8 Å². The summed E-state index contributed by atoms with van der Waals surface area (Å²) in [5.74, 6) is 1.07. The third-order valence-electron chi connectivity index (χ3n) is 1.74. The van der Waals surface area contributed by atoms with Gasteiger partial charge < -0.3 is 9.47 Å². The molecule has 0 unspecified atom stereocenters. The van der Waals surface area contributed by atoms with Crippen molar-refractivity contribution in [1.29, 1.82) is 0 Å². The number of methoxy groups -OCH3 is 2. The van der Waals surface area contributed by atoms with Crippen molar-refractivity contribution < 1.29 is 9.47 Å². The number of rotatable bonds is 3. The number of halogens is 3. The topological polar surface area (TPSA) is 18.5 Å². The van der Waals surface area contributed by atoms with Gasteiger partial charge in [-0.05, 0) is 6.07 Å². The van der Waals surface area contributed by atoms with Crippen LogP contribution < -0.4 is 9.47 Å². The Morgan fingerprint density at radius 1 is 1.07 bits per heavy atom. The Morgan fingerprint density at radius 2 is 1.64 bits per heavy atom. The molecule has 0 aliphatic heterocycles. The minimum Gasteiger partial charge on any atom is -0.496 e. The van der Waals surface area contributed by atoms with E-state index in [2.05, 4.69) is 0 Å². The van der Waals surface area contributed by atoms with Crippen molar-refractivity contribution in [3.8, 4) is 11.5 Å². The van der Waals surface area contributed by atoms with Crippen LogP contribution in [-0.2, 0) is 0 Å². The van der Waals surface area contributed by atoms with Crippen molar-refractivity contribution in [2.24, 2.45) is 0 Å². The third-order valence-corrected chi connectivity index (χ3v) is 2.50. The molecule has 1 rings (SSSR count). The van der Waals surface area contributed by atoms with Crippen molar-refractivity contribution in [3.63, 3.8) is 0 Å². The summed E-state index contributed by atoms with van der Waals surface area (Å²) in [6.45, 7) is 0. The van der Waals surface area contributed by atoms with Gasteiger partial charge in [-0.15, -0.1) is 0 Å². The van der Waals surface area contributed by atoms with Crippen LogP contribution >= 0.6 is 34.8 Å². The molecule has 14 heavy (non-hydrogen) atoms. The van der Waals surface area contributed by atoms with Gasteiger partial charge in [0.25, 0.3) is 0 Å². The van der Waals surface area contributed by atoms with Gasteiger partial charge in [-0.1, -0.05) is 34.8 Å². The lowest BCUT2D eigenvalue weighted by atomic mass is 10.2. The Balaban J connectivity index is 3.25. The molecule has 0 aliphatic carbocycles. The SMILES string of the molecule is COc1cc(C(Cl)Cl)c(OC)cc1Cl. The smallest absolute Gasteiger partial charge is 0.138 e. The molecule has 78 valence electrons. The molecule has 0 fully saturated rings. The summed E-state index contributed by atoms with van der Waals surface area (Å²) in [5.41, 5.74) is 0.636. The van der Waals surface area contributed by atoms with Gasteiger partial charge in [-0.3, -0.25) is 0 Å². The summed E-state index contributed by atoms with van der Waals surface area (Å²) in [6, 6.07) is 3.28. The second kappa shape index (κ2) is 4.96. The zero-order chi connectivity index (χ0) is 10.7. The Hall–Kier alpha value is -0.310. The maximum atomic E-state index is 5.89. The number of hydrogen-bond donors (Lipinski definition) is 0. The van der Waals surface area contributed by atoms with Crippen LogP contribution in [0.4, 0.5) is 0 Å². The average Bonchev–Trinajstić information content (AvgIpc) is 2.16. The second-order valence-corrected chi connectivity index (χ2v) is 4.03. The van der Waals surface area contributed by atoms with Crippen molar-refractivity contribution in [1.82, 2.24) is 0 Å². The van der Waals surface area contributed by atoms with Crippen LogP contribution in [0, 0.1) is 0 Å². The van der Waals surface area contributed by atoms with E-state index in [4.69, 9.17) is 44.3 Å². The largest absolute Gasteiger partial charge is 0.496 e. The van der Waals surface area contributed by atoms with Crippen LogP contribution in [-0.4, -0.2) is 14.2 Å². The zero-order valence-electron chi connectivity index (χ0n) is 7.68. The van der Waals surface area contributed by atoms with Gasteiger partial charge >= 0.3 is 0 Å². The Labute approximate surface area is 97.7 Å². The van der Waals surface area contributed by atoms with Crippen LogP contribution in [0.2, 0.25) is 5.02 Å². The molecule has 0 radical (unpaired) electrons. The first-order valence-corrected chi connectivity index (χ1v) is 5.04. The third kappa shape index (κ3) is 2.38. The Bertz CT molecular complexity index is 326. The maximum absolute atomic E-state index is 5.89. The molecule has 0 amide bonds.